The lowest BCUT2D eigenvalue weighted by atomic mass is 10.1. The van der Waals surface area contributed by atoms with Gasteiger partial charge in [-0.25, -0.2) is 4.39 Å². The van der Waals surface area contributed by atoms with Crippen molar-refractivity contribution < 1.29 is 4.39 Å². The van der Waals surface area contributed by atoms with Crippen molar-refractivity contribution >= 4 is 5.82 Å². The molecule has 1 aromatic heterocycles. The molecule has 1 aromatic carbocycles. The van der Waals surface area contributed by atoms with Gasteiger partial charge in [0.2, 0.25) is 0 Å². The van der Waals surface area contributed by atoms with Gasteiger partial charge in [0.05, 0.1) is 5.69 Å². The number of hydrogen-bond donors (Lipinski definition) is 3. The Balaban J connectivity index is 1.74. The van der Waals surface area contributed by atoms with Crippen molar-refractivity contribution in [3.63, 3.8) is 0 Å². The lowest BCUT2D eigenvalue weighted by Crippen LogP contribution is -2.35. The highest BCUT2D eigenvalue weighted by atomic mass is 19.1. The molecule has 0 radical (unpaired) electrons. The molecule has 2 aromatic rings. The molecular formula is C14H17FN4. The number of aromatic nitrogens is 2. The molecule has 100 valence electrons. The van der Waals surface area contributed by atoms with E-state index in [1.807, 2.05) is 12.1 Å². The zero-order chi connectivity index (χ0) is 13.1. The number of benzene rings is 1. The molecule has 1 aliphatic rings. The normalized spacial score (nSPS) is 16.5. The van der Waals surface area contributed by atoms with E-state index in [-0.39, 0.29) is 5.82 Å². The molecular weight excluding hydrogens is 243 g/mol. The average Bonchev–Trinajstić information content (AvgIpc) is 2.89. The van der Waals surface area contributed by atoms with Gasteiger partial charge in [-0.05, 0) is 38.1 Å². The SMILES string of the molecule is Fc1ccccc1-c1cc(NC2CCNCC2)n[nH]1. The van der Waals surface area contributed by atoms with Crippen LogP contribution >= 0.6 is 0 Å². The summed E-state index contributed by atoms with van der Waals surface area (Å²) < 4.78 is 13.7. The average molecular weight is 260 g/mol. The van der Waals surface area contributed by atoms with Crippen LogP contribution in [-0.4, -0.2) is 29.3 Å². The van der Waals surface area contributed by atoms with E-state index in [1.165, 1.54) is 6.07 Å². The third kappa shape index (κ3) is 2.76. The quantitative estimate of drug-likeness (QED) is 0.794. The third-order valence-corrected chi connectivity index (χ3v) is 3.43. The lowest BCUT2D eigenvalue weighted by molar-refractivity contribution is 0.478. The number of nitrogens with zero attached hydrogens (tertiary/aromatic N) is 1. The van der Waals surface area contributed by atoms with Gasteiger partial charge in [-0.2, -0.15) is 5.10 Å². The van der Waals surface area contributed by atoms with E-state index in [1.54, 1.807) is 12.1 Å². The maximum atomic E-state index is 13.7. The highest BCUT2D eigenvalue weighted by molar-refractivity contribution is 5.63. The van der Waals surface area contributed by atoms with Crippen molar-refractivity contribution in [2.75, 3.05) is 18.4 Å². The Bertz CT molecular complexity index is 546. The van der Waals surface area contributed by atoms with E-state index in [2.05, 4.69) is 20.8 Å². The van der Waals surface area contributed by atoms with Gasteiger partial charge in [0, 0.05) is 17.7 Å². The smallest absolute Gasteiger partial charge is 0.148 e. The van der Waals surface area contributed by atoms with Crippen LogP contribution in [0.5, 0.6) is 0 Å². The van der Waals surface area contributed by atoms with Gasteiger partial charge < -0.3 is 10.6 Å². The number of halogens is 1. The highest BCUT2D eigenvalue weighted by Crippen LogP contribution is 2.23. The minimum atomic E-state index is -0.237. The standard InChI is InChI=1S/C14H17FN4/c15-12-4-2-1-3-11(12)13-9-14(19-18-13)17-10-5-7-16-8-6-10/h1-4,9-10,16H,5-8H2,(H2,17,18,19). The van der Waals surface area contributed by atoms with Gasteiger partial charge in [0.25, 0.3) is 0 Å². The molecule has 19 heavy (non-hydrogen) atoms. The van der Waals surface area contributed by atoms with Crippen LogP contribution in [-0.2, 0) is 0 Å². The summed E-state index contributed by atoms with van der Waals surface area (Å²) in [6.07, 6.45) is 2.17. The predicted molar refractivity (Wildman–Crippen MR) is 73.5 cm³/mol. The van der Waals surface area contributed by atoms with Gasteiger partial charge in [-0.1, -0.05) is 12.1 Å². The summed E-state index contributed by atoms with van der Waals surface area (Å²) in [6, 6.07) is 9.01. The summed E-state index contributed by atoms with van der Waals surface area (Å²) in [5.41, 5.74) is 1.25. The van der Waals surface area contributed by atoms with Crippen LogP contribution in [0.4, 0.5) is 10.2 Å². The van der Waals surface area contributed by atoms with Crippen molar-refractivity contribution in [1.82, 2.24) is 15.5 Å². The van der Waals surface area contributed by atoms with Crippen LogP contribution in [0.15, 0.2) is 30.3 Å². The maximum absolute atomic E-state index is 13.7. The first-order valence-corrected chi connectivity index (χ1v) is 6.60. The van der Waals surface area contributed by atoms with E-state index in [4.69, 9.17) is 0 Å². The van der Waals surface area contributed by atoms with E-state index in [9.17, 15) is 4.39 Å². The molecule has 0 saturated carbocycles. The van der Waals surface area contributed by atoms with Crippen LogP contribution in [0.1, 0.15) is 12.8 Å². The minimum Gasteiger partial charge on any atom is -0.366 e. The first-order valence-electron chi connectivity index (χ1n) is 6.60. The van der Waals surface area contributed by atoms with E-state index >= 15 is 0 Å². The minimum absolute atomic E-state index is 0.237. The molecule has 5 heteroatoms. The topological polar surface area (TPSA) is 52.7 Å². The molecule has 0 atom stereocenters. The molecule has 0 unspecified atom stereocenters. The summed E-state index contributed by atoms with van der Waals surface area (Å²) in [4.78, 5) is 0. The van der Waals surface area contributed by atoms with Crippen molar-refractivity contribution in [3.05, 3.63) is 36.1 Å². The number of aromatic amines is 1. The van der Waals surface area contributed by atoms with Crippen molar-refractivity contribution in [2.24, 2.45) is 0 Å². The zero-order valence-corrected chi connectivity index (χ0v) is 10.6. The number of piperidine rings is 1. The monoisotopic (exact) mass is 260 g/mol. The molecule has 0 bridgehead atoms. The predicted octanol–water partition coefficient (Wildman–Crippen LogP) is 2.38. The fourth-order valence-corrected chi connectivity index (χ4v) is 2.39. The highest BCUT2D eigenvalue weighted by Gasteiger charge is 2.14. The second-order valence-electron chi connectivity index (χ2n) is 4.82. The second-order valence-corrected chi connectivity index (χ2v) is 4.82. The molecule has 0 aliphatic carbocycles. The number of nitrogens with one attached hydrogen (secondary N) is 3. The van der Waals surface area contributed by atoms with Crippen molar-refractivity contribution in [2.45, 2.75) is 18.9 Å². The molecule has 0 spiro atoms. The van der Waals surface area contributed by atoms with Gasteiger partial charge in [0.15, 0.2) is 0 Å². The Labute approximate surface area is 111 Å². The fourth-order valence-electron chi connectivity index (χ4n) is 2.39. The Hall–Kier alpha value is -1.88. The molecule has 2 heterocycles. The summed E-state index contributed by atoms with van der Waals surface area (Å²) >= 11 is 0. The van der Waals surface area contributed by atoms with Crippen LogP contribution in [0, 0.1) is 5.82 Å². The van der Waals surface area contributed by atoms with E-state index in [0.29, 0.717) is 17.3 Å². The van der Waals surface area contributed by atoms with E-state index < -0.39 is 0 Å². The summed E-state index contributed by atoms with van der Waals surface area (Å²) in [5, 5.41) is 13.8. The Morgan fingerprint density at radius 3 is 2.79 bits per heavy atom. The number of H-pyrrole nitrogens is 1. The summed E-state index contributed by atoms with van der Waals surface area (Å²) in [6.45, 7) is 2.06. The summed E-state index contributed by atoms with van der Waals surface area (Å²) in [5.74, 6) is 0.546. The number of anilines is 1. The number of hydrogen-bond acceptors (Lipinski definition) is 3. The van der Waals surface area contributed by atoms with Crippen molar-refractivity contribution in [1.29, 1.82) is 0 Å². The molecule has 1 fully saturated rings. The third-order valence-electron chi connectivity index (χ3n) is 3.43. The second kappa shape index (κ2) is 5.40. The van der Waals surface area contributed by atoms with Gasteiger partial charge in [-0.15, -0.1) is 0 Å². The Morgan fingerprint density at radius 1 is 1.21 bits per heavy atom. The molecule has 1 saturated heterocycles. The van der Waals surface area contributed by atoms with Crippen LogP contribution in [0.2, 0.25) is 0 Å². The molecule has 0 amide bonds. The van der Waals surface area contributed by atoms with Gasteiger partial charge >= 0.3 is 0 Å². The van der Waals surface area contributed by atoms with Crippen LogP contribution in [0.3, 0.4) is 0 Å². The zero-order valence-electron chi connectivity index (χ0n) is 10.6. The molecule has 3 rings (SSSR count). The van der Waals surface area contributed by atoms with Crippen molar-refractivity contribution in [3.8, 4) is 11.3 Å². The number of rotatable bonds is 3. The van der Waals surface area contributed by atoms with Gasteiger partial charge in [0.1, 0.15) is 11.6 Å². The fraction of sp³-hybridized carbons (Fsp3) is 0.357. The Kier molecular flexibility index (Phi) is 3.46. The largest absolute Gasteiger partial charge is 0.366 e. The maximum Gasteiger partial charge on any atom is 0.148 e. The van der Waals surface area contributed by atoms with Crippen LogP contribution in [0.25, 0.3) is 11.3 Å². The first-order chi connectivity index (χ1) is 9.33. The summed E-state index contributed by atoms with van der Waals surface area (Å²) in [7, 11) is 0. The lowest BCUT2D eigenvalue weighted by Gasteiger charge is -2.23. The van der Waals surface area contributed by atoms with Crippen LogP contribution < -0.4 is 10.6 Å². The molecule has 3 N–H and O–H groups in total. The molecule has 1 aliphatic heterocycles. The van der Waals surface area contributed by atoms with E-state index in [0.717, 1.165) is 31.7 Å². The van der Waals surface area contributed by atoms with Gasteiger partial charge in [-0.3, -0.25) is 5.10 Å². The Morgan fingerprint density at radius 2 is 2.00 bits per heavy atom. The first kappa shape index (κ1) is 12.2. The molecule has 4 nitrogen and oxygen atoms in total.